The van der Waals surface area contributed by atoms with E-state index in [4.69, 9.17) is 0 Å². The monoisotopic (exact) mass is 359 g/mol. The van der Waals surface area contributed by atoms with Gasteiger partial charge in [0.2, 0.25) is 11.8 Å². The number of aryl methyl sites for hydroxylation is 1. The molecule has 0 unspecified atom stereocenters. The van der Waals surface area contributed by atoms with E-state index in [1.54, 1.807) is 11.8 Å². The van der Waals surface area contributed by atoms with Crippen LogP contribution in [0.4, 0.5) is 5.69 Å². The first-order valence-electron chi connectivity index (χ1n) is 9.78. The number of carbonyl (C=O) groups excluding carboxylic acids is 2. The lowest BCUT2D eigenvalue weighted by atomic mass is 10.1. The third kappa shape index (κ3) is 5.23. The summed E-state index contributed by atoms with van der Waals surface area (Å²) in [7, 11) is 0. The highest BCUT2D eigenvalue weighted by Gasteiger charge is 2.22. The van der Waals surface area contributed by atoms with Gasteiger partial charge in [-0.3, -0.25) is 9.59 Å². The molecule has 1 heterocycles. The van der Waals surface area contributed by atoms with E-state index in [1.165, 1.54) is 16.8 Å². The summed E-state index contributed by atoms with van der Waals surface area (Å²) in [6.07, 6.45) is 2.47. The van der Waals surface area contributed by atoms with Gasteiger partial charge in [-0.15, -0.1) is 0 Å². The molecule has 0 N–H and O–H groups in total. The van der Waals surface area contributed by atoms with Crippen LogP contribution in [0, 0.1) is 13.8 Å². The minimum absolute atomic E-state index is 0.0611. The molecule has 2 amide bonds. The zero-order chi connectivity index (χ0) is 19.1. The number of hydrogen-bond donors (Lipinski definition) is 0. The van der Waals surface area contributed by atoms with Crippen molar-refractivity contribution in [3.05, 3.63) is 29.3 Å². The third-order valence-corrected chi connectivity index (χ3v) is 5.37. The highest BCUT2D eigenvalue weighted by atomic mass is 16.2. The molecule has 5 heteroatoms. The Morgan fingerprint density at radius 3 is 2.38 bits per heavy atom. The van der Waals surface area contributed by atoms with Gasteiger partial charge in [0, 0.05) is 58.3 Å². The molecule has 144 valence electrons. The Labute approximate surface area is 158 Å². The first kappa shape index (κ1) is 20.3. The molecule has 0 aromatic heterocycles. The Hall–Kier alpha value is -2.04. The van der Waals surface area contributed by atoms with Gasteiger partial charge in [0.05, 0.1) is 0 Å². The van der Waals surface area contributed by atoms with Crippen LogP contribution < -0.4 is 4.90 Å². The number of amides is 2. The smallest absolute Gasteiger partial charge is 0.224 e. The second-order valence-corrected chi connectivity index (χ2v) is 7.20. The van der Waals surface area contributed by atoms with E-state index in [2.05, 4.69) is 43.9 Å². The number of rotatable bonds is 7. The number of hydrogen-bond acceptors (Lipinski definition) is 3. The lowest BCUT2D eigenvalue weighted by Crippen LogP contribution is -2.49. The van der Waals surface area contributed by atoms with Crippen LogP contribution in [0.5, 0.6) is 0 Å². The average Bonchev–Trinajstić information content (AvgIpc) is 2.63. The summed E-state index contributed by atoms with van der Waals surface area (Å²) in [5.41, 5.74) is 3.90. The molecule has 0 spiro atoms. The van der Waals surface area contributed by atoms with E-state index in [-0.39, 0.29) is 11.8 Å². The average molecular weight is 360 g/mol. The van der Waals surface area contributed by atoms with Crippen molar-refractivity contribution in [3.63, 3.8) is 0 Å². The quantitative estimate of drug-likeness (QED) is 0.752. The van der Waals surface area contributed by atoms with Gasteiger partial charge in [0.25, 0.3) is 0 Å². The maximum absolute atomic E-state index is 12.5. The van der Waals surface area contributed by atoms with Gasteiger partial charge in [-0.1, -0.05) is 25.5 Å². The summed E-state index contributed by atoms with van der Waals surface area (Å²) < 4.78 is 0. The molecule has 0 saturated carbocycles. The Balaban J connectivity index is 1.84. The first-order chi connectivity index (χ1) is 12.4. The van der Waals surface area contributed by atoms with E-state index in [9.17, 15) is 9.59 Å². The van der Waals surface area contributed by atoms with E-state index in [0.29, 0.717) is 13.0 Å². The molecule has 1 fully saturated rings. The maximum atomic E-state index is 12.5. The summed E-state index contributed by atoms with van der Waals surface area (Å²) in [4.78, 5) is 30.3. The Bertz CT molecular complexity index is 622. The van der Waals surface area contributed by atoms with E-state index >= 15 is 0 Å². The van der Waals surface area contributed by atoms with Crippen molar-refractivity contribution in [2.75, 3.05) is 44.2 Å². The molecule has 0 atom stereocenters. The van der Waals surface area contributed by atoms with E-state index in [0.717, 1.165) is 45.6 Å². The van der Waals surface area contributed by atoms with Crippen LogP contribution in [-0.4, -0.2) is 60.9 Å². The minimum Gasteiger partial charge on any atom is -0.368 e. The fourth-order valence-corrected chi connectivity index (χ4v) is 3.44. The van der Waals surface area contributed by atoms with Gasteiger partial charge in [-0.2, -0.15) is 0 Å². The molecular formula is C21H33N3O2. The van der Waals surface area contributed by atoms with Crippen LogP contribution in [0.15, 0.2) is 18.2 Å². The predicted octanol–water partition coefficient (Wildman–Crippen LogP) is 2.99. The molecule has 1 aromatic carbocycles. The largest absolute Gasteiger partial charge is 0.368 e. The number of anilines is 1. The maximum Gasteiger partial charge on any atom is 0.224 e. The number of unbranched alkanes of at least 4 members (excludes halogenated alkanes) is 1. The molecule has 5 nitrogen and oxygen atoms in total. The molecule has 1 saturated heterocycles. The van der Waals surface area contributed by atoms with Crippen molar-refractivity contribution in [3.8, 4) is 0 Å². The van der Waals surface area contributed by atoms with Gasteiger partial charge < -0.3 is 14.7 Å². The Morgan fingerprint density at radius 2 is 1.77 bits per heavy atom. The molecule has 26 heavy (non-hydrogen) atoms. The summed E-state index contributed by atoms with van der Waals surface area (Å²) in [6.45, 7) is 12.5. The van der Waals surface area contributed by atoms with Crippen molar-refractivity contribution in [1.29, 1.82) is 0 Å². The van der Waals surface area contributed by atoms with E-state index in [1.807, 2.05) is 4.90 Å². The van der Waals surface area contributed by atoms with Crippen molar-refractivity contribution in [2.45, 2.75) is 47.0 Å². The standard InChI is InChI=1S/C21H33N3O2/c1-5-6-11-22(19(4)25)12-10-21(26)24-15-13-23(14-16-24)20-9-7-8-17(2)18(20)3/h7-9H,5-6,10-16H2,1-4H3. The first-order valence-corrected chi connectivity index (χ1v) is 9.78. The molecule has 0 bridgehead atoms. The minimum atomic E-state index is 0.0611. The number of carbonyl (C=O) groups is 2. The zero-order valence-corrected chi connectivity index (χ0v) is 16.8. The van der Waals surface area contributed by atoms with Gasteiger partial charge in [-0.05, 0) is 37.5 Å². The third-order valence-electron chi connectivity index (χ3n) is 5.37. The van der Waals surface area contributed by atoms with Crippen molar-refractivity contribution in [2.24, 2.45) is 0 Å². The van der Waals surface area contributed by atoms with Crippen LogP contribution in [0.3, 0.4) is 0 Å². The Morgan fingerprint density at radius 1 is 1.08 bits per heavy atom. The highest BCUT2D eigenvalue weighted by Crippen LogP contribution is 2.24. The van der Waals surface area contributed by atoms with E-state index < -0.39 is 0 Å². The Kier molecular flexibility index (Phi) is 7.49. The van der Waals surface area contributed by atoms with Gasteiger partial charge in [0.15, 0.2) is 0 Å². The zero-order valence-electron chi connectivity index (χ0n) is 16.8. The lowest BCUT2D eigenvalue weighted by molar-refractivity contribution is -0.133. The highest BCUT2D eigenvalue weighted by molar-refractivity contribution is 5.78. The number of benzene rings is 1. The predicted molar refractivity (Wildman–Crippen MR) is 106 cm³/mol. The van der Waals surface area contributed by atoms with Crippen LogP contribution >= 0.6 is 0 Å². The fraction of sp³-hybridized carbons (Fsp3) is 0.619. The second-order valence-electron chi connectivity index (χ2n) is 7.20. The van der Waals surface area contributed by atoms with Crippen molar-refractivity contribution in [1.82, 2.24) is 9.80 Å². The van der Waals surface area contributed by atoms with Crippen LogP contribution in [-0.2, 0) is 9.59 Å². The summed E-state index contributed by atoms with van der Waals surface area (Å²) in [6, 6.07) is 6.40. The topological polar surface area (TPSA) is 43.9 Å². The lowest BCUT2D eigenvalue weighted by Gasteiger charge is -2.37. The molecule has 1 aliphatic rings. The van der Waals surface area contributed by atoms with Crippen LogP contribution in [0.1, 0.15) is 44.2 Å². The second kappa shape index (κ2) is 9.60. The number of piperazine rings is 1. The van der Waals surface area contributed by atoms with Crippen molar-refractivity contribution >= 4 is 17.5 Å². The van der Waals surface area contributed by atoms with Gasteiger partial charge >= 0.3 is 0 Å². The molecule has 1 aliphatic heterocycles. The fourth-order valence-electron chi connectivity index (χ4n) is 3.44. The normalized spacial score (nSPS) is 14.5. The summed E-state index contributed by atoms with van der Waals surface area (Å²) >= 11 is 0. The summed E-state index contributed by atoms with van der Waals surface area (Å²) in [5, 5.41) is 0. The summed E-state index contributed by atoms with van der Waals surface area (Å²) in [5.74, 6) is 0.222. The number of nitrogens with zero attached hydrogens (tertiary/aromatic N) is 3. The van der Waals surface area contributed by atoms with Gasteiger partial charge in [-0.25, -0.2) is 0 Å². The molecule has 0 radical (unpaired) electrons. The molecular weight excluding hydrogens is 326 g/mol. The van der Waals surface area contributed by atoms with Crippen LogP contribution in [0.25, 0.3) is 0 Å². The van der Waals surface area contributed by atoms with Crippen LogP contribution in [0.2, 0.25) is 0 Å². The van der Waals surface area contributed by atoms with Gasteiger partial charge in [0.1, 0.15) is 0 Å². The molecule has 1 aromatic rings. The molecule has 2 rings (SSSR count). The SMILES string of the molecule is CCCCN(CCC(=O)N1CCN(c2cccc(C)c2C)CC1)C(C)=O. The molecule has 0 aliphatic carbocycles. The van der Waals surface area contributed by atoms with Crippen molar-refractivity contribution < 1.29 is 9.59 Å².